The second-order valence-corrected chi connectivity index (χ2v) is 2.93. The van der Waals surface area contributed by atoms with Crippen LogP contribution in [0.3, 0.4) is 0 Å². The molecule has 1 rings (SSSR count). The molecule has 0 saturated carbocycles. The van der Waals surface area contributed by atoms with E-state index in [9.17, 15) is 4.79 Å². The third-order valence-corrected chi connectivity index (χ3v) is 2.08. The van der Waals surface area contributed by atoms with Gasteiger partial charge in [0.25, 0.3) is 0 Å². The molecule has 0 fully saturated rings. The summed E-state index contributed by atoms with van der Waals surface area (Å²) in [6.45, 7) is 1.84. The number of carboxylic acids is 1. The molecule has 0 heterocycles. The molecule has 0 aliphatic rings. The molecule has 0 amide bonds. The zero-order valence-electron chi connectivity index (χ0n) is 7.93. The number of hydrogen-bond donors (Lipinski definition) is 2. The van der Waals surface area contributed by atoms with E-state index in [0.717, 1.165) is 0 Å². The molecule has 1 aromatic rings. The number of nitrogens with two attached hydrogens (primary N) is 1. The number of nitrogen functional groups attached to an aromatic ring is 1. The van der Waals surface area contributed by atoms with Crippen LogP contribution in [-0.2, 0) is 4.79 Å². The van der Waals surface area contributed by atoms with Gasteiger partial charge in [-0.25, -0.2) is 0 Å². The number of carboxylic acid groups (broad SMARTS) is 1. The van der Waals surface area contributed by atoms with Crippen LogP contribution >= 0.6 is 12.4 Å². The van der Waals surface area contributed by atoms with E-state index in [0.29, 0.717) is 17.7 Å². The van der Waals surface area contributed by atoms with Gasteiger partial charge in [-0.1, -0.05) is 25.1 Å². The van der Waals surface area contributed by atoms with Crippen LogP contribution in [0.25, 0.3) is 0 Å². The van der Waals surface area contributed by atoms with E-state index >= 15 is 0 Å². The highest BCUT2D eigenvalue weighted by atomic mass is 35.5. The van der Waals surface area contributed by atoms with Crippen molar-refractivity contribution in [1.82, 2.24) is 0 Å². The summed E-state index contributed by atoms with van der Waals surface area (Å²) < 4.78 is 0. The first-order valence-electron chi connectivity index (χ1n) is 4.24. The van der Waals surface area contributed by atoms with Crippen molar-refractivity contribution in [3.63, 3.8) is 0 Å². The Hall–Kier alpha value is -1.22. The molecular formula is C10H14ClNO2. The molecule has 0 bridgehead atoms. The Morgan fingerprint density at radius 3 is 2.50 bits per heavy atom. The number of aliphatic carboxylic acids is 1. The topological polar surface area (TPSA) is 63.3 Å². The van der Waals surface area contributed by atoms with Crippen LogP contribution in [0.4, 0.5) is 5.69 Å². The lowest BCUT2D eigenvalue weighted by molar-refractivity contribution is -0.138. The van der Waals surface area contributed by atoms with E-state index in [1.54, 1.807) is 24.3 Å². The summed E-state index contributed by atoms with van der Waals surface area (Å²) in [4.78, 5) is 10.8. The van der Waals surface area contributed by atoms with Crippen molar-refractivity contribution in [2.45, 2.75) is 19.3 Å². The zero-order chi connectivity index (χ0) is 9.84. The highest BCUT2D eigenvalue weighted by Crippen LogP contribution is 2.24. The minimum atomic E-state index is -0.819. The van der Waals surface area contributed by atoms with Gasteiger partial charge in [-0.15, -0.1) is 12.4 Å². The Bertz CT molecular complexity index is 315. The van der Waals surface area contributed by atoms with E-state index in [1.807, 2.05) is 6.92 Å². The molecule has 0 aliphatic heterocycles. The van der Waals surface area contributed by atoms with Crippen molar-refractivity contribution in [2.24, 2.45) is 0 Å². The second-order valence-electron chi connectivity index (χ2n) is 2.93. The lowest BCUT2D eigenvalue weighted by atomic mass is 9.95. The van der Waals surface area contributed by atoms with Crippen LogP contribution in [-0.4, -0.2) is 11.1 Å². The number of anilines is 1. The normalized spacial score (nSPS) is 11.5. The number of para-hydroxylation sites is 1. The highest BCUT2D eigenvalue weighted by molar-refractivity contribution is 5.85. The quantitative estimate of drug-likeness (QED) is 0.761. The molecule has 3 nitrogen and oxygen atoms in total. The molecule has 0 aliphatic carbocycles. The average molecular weight is 216 g/mol. The first kappa shape index (κ1) is 12.8. The number of rotatable bonds is 3. The van der Waals surface area contributed by atoms with E-state index < -0.39 is 11.9 Å². The fourth-order valence-corrected chi connectivity index (χ4v) is 1.36. The number of carbonyl (C=O) groups is 1. The maximum absolute atomic E-state index is 10.8. The maximum atomic E-state index is 10.8. The van der Waals surface area contributed by atoms with Crippen molar-refractivity contribution >= 4 is 24.1 Å². The fraction of sp³-hybridized carbons (Fsp3) is 0.300. The molecule has 4 heteroatoms. The van der Waals surface area contributed by atoms with Gasteiger partial charge in [-0.3, -0.25) is 4.79 Å². The minimum absolute atomic E-state index is 0. The molecule has 0 spiro atoms. The predicted octanol–water partition coefficient (Wildman–Crippen LogP) is 2.27. The van der Waals surface area contributed by atoms with Gasteiger partial charge in [0.05, 0.1) is 5.92 Å². The number of hydrogen-bond acceptors (Lipinski definition) is 2. The average Bonchev–Trinajstić information content (AvgIpc) is 2.09. The molecule has 14 heavy (non-hydrogen) atoms. The third-order valence-electron chi connectivity index (χ3n) is 2.08. The summed E-state index contributed by atoms with van der Waals surface area (Å²) in [5, 5.41) is 8.90. The minimum Gasteiger partial charge on any atom is -0.481 e. The maximum Gasteiger partial charge on any atom is 0.311 e. The van der Waals surface area contributed by atoms with Crippen LogP contribution in [0.15, 0.2) is 24.3 Å². The van der Waals surface area contributed by atoms with Gasteiger partial charge in [0.1, 0.15) is 0 Å². The summed E-state index contributed by atoms with van der Waals surface area (Å²) in [5.74, 6) is -1.30. The van der Waals surface area contributed by atoms with Crippen molar-refractivity contribution in [3.05, 3.63) is 29.8 Å². The third kappa shape index (κ3) is 2.64. The molecule has 0 radical (unpaired) electrons. The first-order valence-corrected chi connectivity index (χ1v) is 4.24. The Balaban J connectivity index is 0.00000169. The van der Waals surface area contributed by atoms with Gasteiger partial charge in [-0.05, 0) is 18.1 Å². The van der Waals surface area contributed by atoms with Gasteiger partial charge in [-0.2, -0.15) is 0 Å². The summed E-state index contributed by atoms with van der Waals surface area (Å²) >= 11 is 0. The molecule has 0 aromatic heterocycles. The van der Waals surface area contributed by atoms with Crippen LogP contribution in [0.5, 0.6) is 0 Å². The van der Waals surface area contributed by atoms with Crippen molar-refractivity contribution in [2.75, 3.05) is 5.73 Å². The molecular weight excluding hydrogens is 202 g/mol. The van der Waals surface area contributed by atoms with Crippen LogP contribution in [0.1, 0.15) is 24.8 Å². The largest absolute Gasteiger partial charge is 0.481 e. The molecule has 0 saturated heterocycles. The van der Waals surface area contributed by atoms with E-state index in [-0.39, 0.29) is 12.4 Å². The predicted molar refractivity (Wildman–Crippen MR) is 58.8 cm³/mol. The van der Waals surface area contributed by atoms with E-state index in [1.165, 1.54) is 0 Å². The molecule has 1 atom stereocenters. The number of benzene rings is 1. The molecule has 1 unspecified atom stereocenters. The Morgan fingerprint density at radius 1 is 1.50 bits per heavy atom. The zero-order valence-corrected chi connectivity index (χ0v) is 8.75. The van der Waals surface area contributed by atoms with Crippen LogP contribution < -0.4 is 5.73 Å². The van der Waals surface area contributed by atoms with Gasteiger partial charge in [0.15, 0.2) is 0 Å². The van der Waals surface area contributed by atoms with E-state index in [4.69, 9.17) is 10.8 Å². The van der Waals surface area contributed by atoms with Crippen LogP contribution in [0.2, 0.25) is 0 Å². The molecule has 1 aromatic carbocycles. The highest BCUT2D eigenvalue weighted by Gasteiger charge is 2.18. The second kappa shape index (κ2) is 5.50. The Kier molecular flexibility index (Phi) is 5.02. The first-order chi connectivity index (χ1) is 6.16. The number of halogens is 1. The lowest BCUT2D eigenvalue weighted by Crippen LogP contribution is -2.12. The van der Waals surface area contributed by atoms with Gasteiger partial charge in [0, 0.05) is 5.69 Å². The summed E-state index contributed by atoms with van der Waals surface area (Å²) in [7, 11) is 0. The van der Waals surface area contributed by atoms with Crippen molar-refractivity contribution < 1.29 is 9.90 Å². The van der Waals surface area contributed by atoms with E-state index in [2.05, 4.69) is 0 Å². The summed E-state index contributed by atoms with van der Waals surface area (Å²) in [6.07, 6.45) is 0.559. The van der Waals surface area contributed by atoms with Gasteiger partial charge in [0.2, 0.25) is 0 Å². The molecule has 3 N–H and O–H groups in total. The monoisotopic (exact) mass is 215 g/mol. The Labute approximate surface area is 89.3 Å². The van der Waals surface area contributed by atoms with Crippen LogP contribution in [0, 0.1) is 0 Å². The van der Waals surface area contributed by atoms with Crippen molar-refractivity contribution in [1.29, 1.82) is 0 Å². The van der Waals surface area contributed by atoms with Crippen molar-refractivity contribution in [3.8, 4) is 0 Å². The van der Waals surface area contributed by atoms with Gasteiger partial charge < -0.3 is 10.8 Å². The standard InChI is InChI=1S/C10H13NO2.ClH/c1-2-7(10(12)13)8-5-3-4-6-9(8)11;/h3-7H,2,11H2,1H3,(H,12,13);1H. The molecule has 78 valence electrons. The lowest BCUT2D eigenvalue weighted by Gasteiger charge is -2.11. The summed E-state index contributed by atoms with van der Waals surface area (Å²) in [5.41, 5.74) is 6.93. The SMILES string of the molecule is CCC(C(=O)O)c1ccccc1N.Cl. The smallest absolute Gasteiger partial charge is 0.311 e. The summed E-state index contributed by atoms with van der Waals surface area (Å²) in [6, 6.07) is 7.09. The Morgan fingerprint density at radius 2 is 2.07 bits per heavy atom. The van der Waals surface area contributed by atoms with Gasteiger partial charge >= 0.3 is 5.97 Å². The fourth-order valence-electron chi connectivity index (χ4n) is 1.36.